The summed E-state index contributed by atoms with van der Waals surface area (Å²) in [7, 11) is 1.36. The highest BCUT2D eigenvalue weighted by molar-refractivity contribution is 5.98. The Kier molecular flexibility index (Phi) is 9.17. The van der Waals surface area contributed by atoms with Gasteiger partial charge >= 0.3 is 11.9 Å². The molecule has 1 aromatic heterocycles. The molecular formula is C29H29N3O6. The molecule has 0 saturated carbocycles. The van der Waals surface area contributed by atoms with E-state index in [-0.39, 0.29) is 23.1 Å². The summed E-state index contributed by atoms with van der Waals surface area (Å²) in [5, 5.41) is 11.7. The summed E-state index contributed by atoms with van der Waals surface area (Å²) in [5.74, 6) is -2.36. The molecule has 1 heterocycles. The molecule has 0 fully saturated rings. The van der Waals surface area contributed by atoms with Gasteiger partial charge < -0.3 is 19.5 Å². The predicted octanol–water partition coefficient (Wildman–Crippen LogP) is 4.08. The lowest BCUT2D eigenvalue weighted by molar-refractivity contribution is -0.150. The van der Waals surface area contributed by atoms with E-state index >= 15 is 0 Å². The summed E-state index contributed by atoms with van der Waals surface area (Å²) in [6.45, 7) is 6.44. The van der Waals surface area contributed by atoms with E-state index in [1.54, 1.807) is 19.1 Å². The second-order valence-corrected chi connectivity index (χ2v) is 8.74. The molecule has 0 aliphatic heterocycles. The molecular weight excluding hydrogens is 486 g/mol. The van der Waals surface area contributed by atoms with Gasteiger partial charge in [-0.05, 0) is 44.0 Å². The first kappa shape index (κ1) is 27.9. The van der Waals surface area contributed by atoms with Gasteiger partial charge in [0, 0.05) is 25.1 Å². The normalized spacial score (nSPS) is 12.8. The Hall–Kier alpha value is -4.71. The number of aromatic nitrogens is 1. The van der Waals surface area contributed by atoms with Crippen molar-refractivity contribution in [3.05, 3.63) is 88.7 Å². The molecule has 1 N–H and O–H groups in total. The zero-order valence-electron chi connectivity index (χ0n) is 21.8. The molecule has 0 aliphatic rings. The Morgan fingerprint density at radius 3 is 2.13 bits per heavy atom. The minimum absolute atomic E-state index is 0.144. The predicted molar refractivity (Wildman–Crippen MR) is 139 cm³/mol. The number of esters is 2. The first-order chi connectivity index (χ1) is 18.1. The van der Waals surface area contributed by atoms with Crippen molar-refractivity contribution in [1.29, 1.82) is 5.26 Å². The van der Waals surface area contributed by atoms with Gasteiger partial charge in [-0.25, -0.2) is 9.78 Å². The second-order valence-electron chi connectivity index (χ2n) is 8.74. The molecule has 38 heavy (non-hydrogen) atoms. The summed E-state index contributed by atoms with van der Waals surface area (Å²) in [5.41, 5.74) is 3.21. The molecule has 0 radical (unpaired) electrons. The molecule has 3 rings (SSSR count). The van der Waals surface area contributed by atoms with Crippen molar-refractivity contribution in [2.45, 2.75) is 45.8 Å². The van der Waals surface area contributed by atoms with Crippen molar-refractivity contribution in [2.24, 2.45) is 0 Å². The fourth-order valence-electron chi connectivity index (χ4n) is 3.95. The molecule has 3 aromatic rings. The van der Waals surface area contributed by atoms with Crippen LogP contribution < -0.4 is 14.8 Å². The molecule has 0 saturated heterocycles. The number of benzene rings is 2. The smallest absolute Gasteiger partial charge is 0.328 e. The van der Waals surface area contributed by atoms with Crippen molar-refractivity contribution >= 4 is 17.8 Å². The number of carbonyl (C=O) groups is 3. The second kappa shape index (κ2) is 12.5. The minimum Gasteiger partial charge on any atom is -0.493 e. The van der Waals surface area contributed by atoms with Crippen molar-refractivity contribution in [3.8, 4) is 17.6 Å². The molecule has 196 valence electrons. The Morgan fingerprint density at radius 1 is 0.974 bits per heavy atom. The lowest BCUT2D eigenvalue weighted by atomic mass is 9.86. The maximum absolute atomic E-state index is 13.0. The Morgan fingerprint density at radius 2 is 1.58 bits per heavy atom. The number of nitrogens with zero attached hydrogens (tertiary/aromatic N) is 2. The maximum Gasteiger partial charge on any atom is 0.328 e. The van der Waals surface area contributed by atoms with Crippen LogP contribution in [0.5, 0.6) is 11.5 Å². The average molecular weight is 516 g/mol. The number of hydrogen-bond donors (Lipinski definition) is 1. The van der Waals surface area contributed by atoms with E-state index in [0.29, 0.717) is 5.56 Å². The van der Waals surface area contributed by atoms with E-state index in [2.05, 4.69) is 16.4 Å². The standard InChI is InChI=1S/C29H29N3O6/c1-17-6-10-22(11-7-17)25(23-12-8-21(16-30)9-13-23)19(3)37-29(35)18(2)32-28(34)26-27(38-20(4)33)24(36-5)14-15-31-26/h6-15,18-19,25H,1-5H3,(H,32,34)/t18-,19-,25?/m0/s1. The summed E-state index contributed by atoms with van der Waals surface area (Å²) >= 11 is 0. The summed E-state index contributed by atoms with van der Waals surface area (Å²) in [6, 6.07) is 17.5. The first-order valence-corrected chi connectivity index (χ1v) is 11.9. The Balaban J connectivity index is 1.80. The van der Waals surface area contributed by atoms with Crippen molar-refractivity contribution in [3.63, 3.8) is 0 Å². The third-order valence-electron chi connectivity index (χ3n) is 5.86. The SMILES string of the molecule is COc1ccnc(C(=O)N[C@@H](C)C(=O)O[C@@H](C)C(c2ccc(C)cc2)c2ccc(C#N)cc2)c1OC(C)=O. The van der Waals surface area contributed by atoms with E-state index in [4.69, 9.17) is 19.5 Å². The maximum atomic E-state index is 13.0. The van der Waals surface area contributed by atoms with Crippen LogP contribution in [0.3, 0.4) is 0 Å². The zero-order valence-corrected chi connectivity index (χ0v) is 21.8. The summed E-state index contributed by atoms with van der Waals surface area (Å²) in [6.07, 6.45) is 0.722. The molecule has 9 heteroatoms. The van der Waals surface area contributed by atoms with Gasteiger partial charge in [0.25, 0.3) is 5.91 Å². The van der Waals surface area contributed by atoms with Crippen LogP contribution in [0.4, 0.5) is 0 Å². The van der Waals surface area contributed by atoms with Crippen LogP contribution in [0.2, 0.25) is 0 Å². The highest BCUT2D eigenvalue weighted by Crippen LogP contribution is 2.31. The van der Waals surface area contributed by atoms with E-state index in [1.807, 2.05) is 43.3 Å². The largest absolute Gasteiger partial charge is 0.493 e. The Bertz CT molecular complexity index is 1350. The van der Waals surface area contributed by atoms with Gasteiger partial charge in [0.2, 0.25) is 5.75 Å². The van der Waals surface area contributed by atoms with Crippen LogP contribution in [0, 0.1) is 18.3 Å². The lowest BCUT2D eigenvalue weighted by Gasteiger charge is -2.26. The molecule has 1 unspecified atom stereocenters. The molecule has 1 amide bonds. The molecule has 0 bridgehead atoms. The molecule has 0 spiro atoms. The van der Waals surface area contributed by atoms with Gasteiger partial charge in [-0.1, -0.05) is 42.0 Å². The molecule has 2 aromatic carbocycles. The van der Waals surface area contributed by atoms with Crippen LogP contribution in [0.25, 0.3) is 0 Å². The number of methoxy groups -OCH3 is 1. The summed E-state index contributed by atoms with van der Waals surface area (Å²) < 4.78 is 16.1. The van der Waals surface area contributed by atoms with E-state index in [1.165, 1.54) is 33.2 Å². The van der Waals surface area contributed by atoms with Gasteiger partial charge in [-0.3, -0.25) is 9.59 Å². The van der Waals surface area contributed by atoms with Gasteiger partial charge in [-0.15, -0.1) is 0 Å². The number of rotatable bonds is 9. The third-order valence-corrected chi connectivity index (χ3v) is 5.86. The number of nitriles is 1. The number of hydrogen-bond acceptors (Lipinski definition) is 8. The van der Waals surface area contributed by atoms with E-state index in [9.17, 15) is 14.4 Å². The number of pyridine rings is 1. The average Bonchev–Trinajstić information content (AvgIpc) is 2.90. The quantitative estimate of drug-likeness (QED) is 0.422. The van der Waals surface area contributed by atoms with Gasteiger partial charge in [-0.2, -0.15) is 5.26 Å². The van der Waals surface area contributed by atoms with Crippen LogP contribution >= 0.6 is 0 Å². The lowest BCUT2D eigenvalue weighted by Crippen LogP contribution is -2.41. The number of nitrogens with one attached hydrogen (secondary N) is 1. The number of amides is 1. The highest BCUT2D eigenvalue weighted by atomic mass is 16.6. The fourth-order valence-corrected chi connectivity index (χ4v) is 3.95. The van der Waals surface area contributed by atoms with Crippen molar-refractivity contribution in [1.82, 2.24) is 10.3 Å². The number of carbonyl (C=O) groups excluding carboxylic acids is 3. The minimum atomic E-state index is -1.04. The Labute approximate surface area is 221 Å². The third kappa shape index (κ3) is 6.73. The highest BCUT2D eigenvalue weighted by Gasteiger charge is 2.29. The zero-order chi connectivity index (χ0) is 27.8. The van der Waals surface area contributed by atoms with Gasteiger partial charge in [0.1, 0.15) is 12.1 Å². The van der Waals surface area contributed by atoms with E-state index in [0.717, 1.165) is 16.7 Å². The number of ether oxygens (including phenoxy) is 3. The number of aryl methyl sites for hydroxylation is 1. The van der Waals surface area contributed by atoms with Gasteiger partial charge in [0.15, 0.2) is 11.4 Å². The van der Waals surface area contributed by atoms with Gasteiger partial charge in [0.05, 0.1) is 18.7 Å². The first-order valence-electron chi connectivity index (χ1n) is 11.9. The molecule has 9 nitrogen and oxygen atoms in total. The topological polar surface area (TPSA) is 128 Å². The molecule has 3 atom stereocenters. The van der Waals surface area contributed by atoms with Crippen LogP contribution in [0.1, 0.15) is 59.4 Å². The van der Waals surface area contributed by atoms with Crippen LogP contribution in [-0.2, 0) is 14.3 Å². The fraction of sp³-hybridized carbons (Fsp3) is 0.276. The monoisotopic (exact) mass is 515 g/mol. The van der Waals surface area contributed by atoms with Crippen LogP contribution in [0.15, 0.2) is 60.8 Å². The van der Waals surface area contributed by atoms with E-state index < -0.39 is 30.0 Å². The van der Waals surface area contributed by atoms with Crippen LogP contribution in [-0.4, -0.2) is 42.1 Å². The molecule has 0 aliphatic carbocycles. The summed E-state index contributed by atoms with van der Waals surface area (Å²) in [4.78, 5) is 41.5. The van der Waals surface area contributed by atoms with Crippen molar-refractivity contribution < 1.29 is 28.6 Å². The van der Waals surface area contributed by atoms with Crippen molar-refractivity contribution in [2.75, 3.05) is 7.11 Å².